The molecule has 0 bridgehead atoms. The Balaban J connectivity index is 1.80. The summed E-state index contributed by atoms with van der Waals surface area (Å²) in [4.78, 5) is 13.1. The third-order valence-corrected chi connectivity index (χ3v) is 4.49. The number of anilines is 1. The van der Waals surface area contributed by atoms with Crippen LogP contribution in [0.3, 0.4) is 0 Å². The Morgan fingerprint density at radius 1 is 1.23 bits per heavy atom. The van der Waals surface area contributed by atoms with Crippen LogP contribution >= 0.6 is 11.3 Å². The van der Waals surface area contributed by atoms with Gasteiger partial charge in [-0.1, -0.05) is 6.07 Å². The molecule has 0 fully saturated rings. The van der Waals surface area contributed by atoms with E-state index in [9.17, 15) is 4.79 Å². The largest absolute Gasteiger partial charge is 0.493 e. The molecule has 0 aliphatic heterocycles. The van der Waals surface area contributed by atoms with E-state index in [2.05, 4.69) is 5.10 Å². The molecule has 0 unspecified atom stereocenters. The lowest BCUT2D eigenvalue weighted by Crippen LogP contribution is -2.19. The van der Waals surface area contributed by atoms with Crippen molar-refractivity contribution >= 4 is 23.4 Å². The van der Waals surface area contributed by atoms with Crippen LogP contribution in [0.4, 0.5) is 5.82 Å². The molecule has 134 valence electrons. The molecule has 2 heterocycles. The number of hydrogen-bond donors (Lipinski definition) is 1. The van der Waals surface area contributed by atoms with Gasteiger partial charge in [0.2, 0.25) is 0 Å². The van der Waals surface area contributed by atoms with Crippen molar-refractivity contribution in [2.75, 3.05) is 12.8 Å². The summed E-state index contributed by atoms with van der Waals surface area (Å²) in [5, 5.41) is 6.18. The number of thiophene rings is 1. The monoisotopic (exact) mass is 369 g/mol. The molecule has 26 heavy (non-hydrogen) atoms. The summed E-state index contributed by atoms with van der Waals surface area (Å²) in [6.07, 6.45) is 1.55. The molecule has 2 aromatic heterocycles. The molecule has 0 aliphatic rings. The van der Waals surface area contributed by atoms with Gasteiger partial charge < -0.3 is 15.2 Å². The van der Waals surface area contributed by atoms with Crippen LogP contribution in [-0.4, -0.2) is 18.0 Å². The van der Waals surface area contributed by atoms with E-state index in [0.29, 0.717) is 18.1 Å². The van der Waals surface area contributed by atoms with Gasteiger partial charge in [0.1, 0.15) is 12.4 Å². The molecule has 0 spiro atoms. The molecule has 0 radical (unpaired) electrons. The maximum atomic E-state index is 12.0. The number of aryl methyl sites for hydroxylation is 1. The molecule has 3 aromatic rings. The minimum atomic E-state index is -0.276. The van der Waals surface area contributed by atoms with E-state index in [0.717, 1.165) is 20.7 Å². The van der Waals surface area contributed by atoms with Crippen LogP contribution in [-0.2, 0) is 6.61 Å². The second kappa shape index (κ2) is 7.88. The first-order chi connectivity index (χ1) is 12.6. The number of aromatic nitrogens is 1. The number of pyridine rings is 1. The predicted molar refractivity (Wildman–Crippen MR) is 104 cm³/mol. The molecule has 2 N–H and O–H groups in total. The number of methoxy groups -OCH3 is 1. The SMILES string of the molecule is COc1cc(C=Nn2c(N)cc(C)cc2=O)ccc1OCc1cccs1. The molecular formula is C19H19N3O3S. The highest BCUT2D eigenvalue weighted by molar-refractivity contribution is 7.09. The molecular weight excluding hydrogens is 350 g/mol. The van der Waals surface area contributed by atoms with Gasteiger partial charge in [0.25, 0.3) is 5.56 Å². The first-order valence-electron chi connectivity index (χ1n) is 7.93. The van der Waals surface area contributed by atoms with Gasteiger partial charge in [0, 0.05) is 10.9 Å². The van der Waals surface area contributed by atoms with E-state index in [4.69, 9.17) is 15.2 Å². The van der Waals surface area contributed by atoms with E-state index >= 15 is 0 Å². The van der Waals surface area contributed by atoms with Crippen molar-refractivity contribution in [3.8, 4) is 11.5 Å². The Kier molecular flexibility index (Phi) is 5.38. The maximum absolute atomic E-state index is 12.0. The van der Waals surface area contributed by atoms with Crippen molar-refractivity contribution < 1.29 is 9.47 Å². The average molecular weight is 369 g/mol. The van der Waals surface area contributed by atoms with Crippen LogP contribution in [0.5, 0.6) is 11.5 Å². The fraction of sp³-hybridized carbons (Fsp3) is 0.158. The van der Waals surface area contributed by atoms with Crippen LogP contribution in [0, 0.1) is 6.92 Å². The molecule has 0 amide bonds. The van der Waals surface area contributed by atoms with Crippen molar-refractivity contribution in [2.24, 2.45) is 5.10 Å². The number of ether oxygens (including phenoxy) is 2. The molecule has 0 saturated heterocycles. The van der Waals surface area contributed by atoms with E-state index in [1.54, 1.807) is 36.8 Å². The first-order valence-corrected chi connectivity index (χ1v) is 8.81. The number of benzene rings is 1. The lowest BCUT2D eigenvalue weighted by atomic mass is 10.2. The predicted octanol–water partition coefficient (Wildman–Crippen LogP) is 3.27. The highest BCUT2D eigenvalue weighted by atomic mass is 32.1. The van der Waals surface area contributed by atoms with Gasteiger partial charge in [-0.3, -0.25) is 4.79 Å². The molecule has 6 nitrogen and oxygen atoms in total. The van der Waals surface area contributed by atoms with Crippen LogP contribution < -0.4 is 20.8 Å². The Morgan fingerprint density at radius 3 is 2.77 bits per heavy atom. The number of nitrogen functional groups attached to an aromatic ring is 1. The number of hydrogen-bond acceptors (Lipinski definition) is 6. The van der Waals surface area contributed by atoms with Crippen LogP contribution in [0.2, 0.25) is 0 Å². The zero-order valence-corrected chi connectivity index (χ0v) is 15.3. The minimum Gasteiger partial charge on any atom is -0.493 e. The first kappa shape index (κ1) is 17.8. The van der Waals surface area contributed by atoms with Gasteiger partial charge >= 0.3 is 0 Å². The van der Waals surface area contributed by atoms with E-state index in [1.165, 1.54) is 6.07 Å². The molecule has 7 heteroatoms. The van der Waals surface area contributed by atoms with Gasteiger partial charge in [-0.15, -0.1) is 11.3 Å². The van der Waals surface area contributed by atoms with Gasteiger partial charge in [-0.2, -0.15) is 9.78 Å². The highest BCUT2D eigenvalue weighted by Gasteiger charge is 2.06. The van der Waals surface area contributed by atoms with Crippen molar-refractivity contribution in [3.63, 3.8) is 0 Å². The second-order valence-electron chi connectivity index (χ2n) is 5.63. The van der Waals surface area contributed by atoms with Crippen LogP contribution in [0.25, 0.3) is 0 Å². The van der Waals surface area contributed by atoms with Crippen molar-refractivity contribution in [2.45, 2.75) is 13.5 Å². The lowest BCUT2D eigenvalue weighted by Gasteiger charge is -2.10. The standard InChI is InChI=1S/C19H19N3O3S/c1-13-8-18(20)22(19(23)9-13)21-11-14-5-6-16(17(10-14)24-2)25-12-15-4-3-7-26-15/h3-11H,12,20H2,1-2H3. The topological polar surface area (TPSA) is 78.8 Å². The smallest absolute Gasteiger partial charge is 0.273 e. The summed E-state index contributed by atoms with van der Waals surface area (Å²) in [5.74, 6) is 1.52. The molecule has 0 saturated carbocycles. The third kappa shape index (κ3) is 4.12. The Morgan fingerprint density at radius 2 is 2.08 bits per heavy atom. The van der Waals surface area contributed by atoms with E-state index < -0.39 is 0 Å². The summed E-state index contributed by atoms with van der Waals surface area (Å²) in [7, 11) is 1.58. The van der Waals surface area contributed by atoms with Crippen LogP contribution in [0.15, 0.2) is 57.7 Å². The highest BCUT2D eigenvalue weighted by Crippen LogP contribution is 2.28. The van der Waals surface area contributed by atoms with Crippen molar-refractivity contribution in [1.82, 2.24) is 4.68 Å². The fourth-order valence-electron chi connectivity index (χ4n) is 2.39. The van der Waals surface area contributed by atoms with Crippen molar-refractivity contribution in [3.05, 3.63) is 74.2 Å². The zero-order valence-electron chi connectivity index (χ0n) is 14.5. The normalized spacial score (nSPS) is 11.0. The quantitative estimate of drug-likeness (QED) is 0.677. The van der Waals surface area contributed by atoms with Gasteiger partial charge in [-0.25, -0.2) is 0 Å². The second-order valence-corrected chi connectivity index (χ2v) is 6.66. The van der Waals surface area contributed by atoms with E-state index in [-0.39, 0.29) is 11.4 Å². The summed E-state index contributed by atoms with van der Waals surface area (Å²) < 4.78 is 12.4. The number of nitrogens with two attached hydrogens (primary N) is 1. The maximum Gasteiger partial charge on any atom is 0.273 e. The molecule has 0 atom stereocenters. The summed E-state index contributed by atoms with van der Waals surface area (Å²) in [5.41, 5.74) is 7.14. The number of nitrogens with zero attached hydrogens (tertiary/aromatic N) is 2. The van der Waals surface area contributed by atoms with E-state index in [1.807, 2.05) is 36.6 Å². The number of rotatable bonds is 6. The van der Waals surface area contributed by atoms with Crippen molar-refractivity contribution in [1.29, 1.82) is 0 Å². The Hall–Kier alpha value is -3.06. The Labute approximate surface area is 155 Å². The fourth-order valence-corrected chi connectivity index (χ4v) is 3.01. The molecule has 3 rings (SSSR count). The summed E-state index contributed by atoms with van der Waals surface area (Å²) >= 11 is 1.64. The lowest BCUT2D eigenvalue weighted by molar-refractivity contribution is 0.287. The van der Waals surface area contributed by atoms with Gasteiger partial charge in [0.05, 0.1) is 13.3 Å². The summed E-state index contributed by atoms with van der Waals surface area (Å²) in [6, 6.07) is 12.6. The minimum absolute atomic E-state index is 0.276. The molecule has 0 aliphatic carbocycles. The third-order valence-electron chi connectivity index (χ3n) is 3.64. The van der Waals surface area contributed by atoms with Crippen LogP contribution in [0.1, 0.15) is 16.0 Å². The Bertz CT molecular complexity index is 978. The molecule has 1 aromatic carbocycles. The van der Waals surface area contributed by atoms with Gasteiger partial charge in [-0.05, 0) is 53.8 Å². The summed E-state index contributed by atoms with van der Waals surface area (Å²) in [6.45, 7) is 2.29. The average Bonchev–Trinajstić information content (AvgIpc) is 3.13. The van der Waals surface area contributed by atoms with Gasteiger partial charge in [0.15, 0.2) is 11.5 Å². The zero-order chi connectivity index (χ0) is 18.5.